The number of piperazine rings is 1. The number of rotatable bonds is 4. The zero-order valence-electron chi connectivity index (χ0n) is 11.4. The lowest BCUT2D eigenvalue weighted by Gasteiger charge is -2.36. The second-order valence-corrected chi connectivity index (χ2v) is 5.28. The second-order valence-electron chi connectivity index (χ2n) is 5.28. The van der Waals surface area contributed by atoms with Crippen LogP contribution in [0.2, 0.25) is 0 Å². The van der Waals surface area contributed by atoms with E-state index in [1.165, 1.54) is 0 Å². The lowest BCUT2D eigenvalue weighted by Crippen LogP contribution is -2.51. The molecule has 2 unspecified atom stereocenters. The fourth-order valence-electron chi connectivity index (χ4n) is 2.74. The van der Waals surface area contributed by atoms with E-state index in [0.29, 0.717) is 26.2 Å². The third-order valence-electron chi connectivity index (χ3n) is 4.02. The third-order valence-corrected chi connectivity index (χ3v) is 4.02. The highest BCUT2D eigenvalue weighted by atomic mass is 16.5. The number of hydrogen-bond acceptors (Lipinski definition) is 4. The van der Waals surface area contributed by atoms with Gasteiger partial charge in [-0.05, 0) is 13.3 Å². The second kappa shape index (κ2) is 6.34. The zero-order valence-corrected chi connectivity index (χ0v) is 11.4. The van der Waals surface area contributed by atoms with E-state index in [9.17, 15) is 9.59 Å². The van der Waals surface area contributed by atoms with Crippen LogP contribution in [-0.4, -0.2) is 72.2 Å². The van der Waals surface area contributed by atoms with Crippen molar-refractivity contribution in [1.82, 2.24) is 9.80 Å². The Morgan fingerprint density at radius 3 is 2.47 bits per heavy atom. The predicted molar refractivity (Wildman–Crippen MR) is 68.8 cm³/mol. The molecule has 2 saturated heterocycles. The van der Waals surface area contributed by atoms with Gasteiger partial charge in [0, 0.05) is 39.3 Å². The molecule has 108 valence electrons. The van der Waals surface area contributed by atoms with Crippen molar-refractivity contribution in [3.63, 3.8) is 0 Å². The average molecular weight is 270 g/mol. The van der Waals surface area contributed by atoms with Crippen LogP contribution in [0.5, 0.6) is 0 Å². The molecule has 0 aromatic carbocycles. The molecule has 0 spiro atoms. The number of amides is 1. The van der Waals surface area contributed by atoms with Gasteiger partial charge < -0.3 is 14.7 Å². The Hall–Kier alpha value is -1.14. The minimum atomic E-state index is -0.768. The van der Waals surface area contributed by atoms with Crippen LogP contribution in [-0.2, 0) is 14.3 Å². The monoisotopic (exact) mass is 270 g/mol. The molecule has 19 heavy (non-hydrogen) atoms. The standard InChI is InChI=1S/C13H22N2O4/c1-10-11(3-9-19-10)13(18)15-7-5-14(6-8-15)4-2-12(16)17/h10-11H,2-9H2,1H3,(H,16,17). The van der Waals surface area contributed by atoms with E-state index in [0.717, 1.165) is 19.5 Å². The number of nitrogens with zero attached hydrogens (tertiary/aromatic N) is 2. The van der Waals surface area contributed by atoms with Crippen LogP contribution in [0.1, 0.15) is 19.8 Å². The van der Waals surface area contributed by atoms with Crippen LogP contribution >= 0.6 is 0 Å². The van der Waals surface area contributed by atoms with Gasteiger partial charge in [-0.1, -0.05) is 0 Å². The molecule has 2 aliphatic rings. The van der Waals surface area contributed by atoms with E-state index in [4.69, 9.17) is 9.84 Å². The third kappa shape index (κ3) is 3.67. The zero-order chi connectivity index (χ0) is 13.8. The quantitative estimate of drug-likeness (QED) is 0.780. The Morgan fingerprint density at radius 2 is 1.95 bits per heavy atom. The number of carbonyl (C=O) groups is 2. The maximum Gasteiger partial charge on any atom is 0.304 e. The SMILES string of the molecule is CC1OCCC1C(=O)N1CCN(CCC(=O)O)CC1. The number of carbonyl (C=O) groups excluding carboxylic acids is 1. The Kier molecular flexibility index (Phi) is 4.76. The minimum Gasteiger partial charge on any atom is -0.481 e. The van der Waals surface area contributed by atoms with E-state index >= 15 is 0 Å². The molecule has 0 radical (unpaired) electrons. The summed E-state index contributed by atoms with van der Waals surface area (Å²) in [6.07, 6.45) is 1.01. The summed E-state index contributed by atoms with van der Waals surface area (Å²) in [5, 5.41) is 8.65. The van der Waals surface area contributed by atoms with E-state index < -0.39 is 5.97 Å². The summed E-state index contributed by atoms with van der Waals surface area (Å²) < 4.78 is 5.44. The van der Waals surface area contributed by atoms with Crippen LogP contribution in [0.15, 0.2) is 0 Å². The molecule has 0 saturated carbocycles. The van der Waals surface area contributed by atoms with Crippen LogP contribution in [0.3, 0.4) is 0 Å². The van der Waals surface area contributed by atoms with E-state index in [1.54, 1.807) is 0 Å². The van der Waals surface area contributed by atoms with Crippen LogP contribution in [0, 0.1) is 5.92 Å². The summed E-state index contributed by atoms with van der Waals surface area (Å²) in [5.74, 6) is -0.566. The first-order valence-corrected chi connectivity index (χ1v) is 6.92. The van der Waals surface area contributed by atoms with Gasteiger partial charge in [-0.25, -0.2) is 0 Å². The highest BCUT2D eigenvalue weighted by molar-refractivity contribution is 5.79. The van der Waals surface area contributed by atoms with Gasteiger partial charge in [0.15, 0.2) is 0 Å². The predicted octanol–water partition coefficient (Wildman–Crippen LogP) is 0.0303. The van der Waals surface area contributed by atoms with Crippen LogP contribution in [0.25, 0.3) is 0 Å². The summed E-state index contributed by atoms with van der Waals surface area (Å²) in [7, 11) is 0. The summed E-state index contributed by atoms with van der Waals surface area (Å²) in [4.78, 5) is 26.8. The van der Waals surface area contributed by atoms with Crippen molar-refractivity contribution in [2.45, 2.75) is 25.9 Å². The molecule has 2 rings (SSSR count). The van der Waals surface area contributed by atoms with Gasteiger partial charge in [0.05, 0.1) is 18.4 Å². The first kappa shape index (κ1) is 14.3. The van der Waals surface area contributed by atoms with Crippen molar-refractivity contribution in [1.29, 1.82) is 0 Å². The van der Waals surface area contributed by atoms with Crippen LogP contribution < -0.4 is 0 Å². The van der Waals surface area contributed by atoms with Crippen LogP contribution in [0.4, 0.5) is 0 Å². The summed E-state index contributed by atoms with van der Waals surface area (Å²) in [5.41, 5.74) is 0. The minimum absolute atomic E-state index is 0.00516. The molecule has 0 aromatic rings. The van der Waals surface area contributed by atoms with Gasteiger partial charge in [0.25, 0.3) is 0 Å². The van der Waals surface area contributed by atoms with Crippen molar-refractivity contribution >= 4 is 11.9 Å². The molecule has 2 fully saturated rings. The molecule has 2 aliphatic heterocycles. The van der Waals surface area contributed by atoms with Crippen molar-refractivity contribution < 1.29 is 19.4 Å². The maximum atomic E-state index is 12.3. The van der Waals surface area contributed by atoms with Gasteiger partial charge in [-0.2, -0.15) is 0 Å². The lowest BCUT2D eigenvalue weighted by molar-refractivity contribution is -0.140. The number of aliphatic carboxylic acids is 1. The number of ether oxygens (including phenoxy) is 1. The average Bonchev–Trinajstić information content (AvgIpc) is 2.82. The van der Waals surface area contributed by atoms with Gasteiger partial charge in [0.2, 0.25) is 5.91 Å². The van der Waals surface area contributed by atoms with Gasteiger partial charge in [0.1, 0.15) is 0 Å². The van der Waals surface area contributed by atoms with E-state index in [1.807, 2.05) is 11.8 Å². The van der Waals surface area contributed by atoms with Gasteiger partial charge in [-0.15, -0.1) is 0 Å². The Labute approximate surface area is 113 Å². The topological polar surface area (TPSA) is 70.1 Å². The molecular formula is C13H22N2O4. The molecule has 2 heterocycles. The first-order valence-electron chi connectivity index (χ1n) is 6.92. The van der Waals surface area contributed by atoms with Crippen molar-refractivity contribution in [3.05, 3.63) is 0 Å². The van der Waals surface area contributed by atoms with Crippen molar-refractivity contribution in [2.24, 2.45) is 5.92 Å². The summed E-state index contributed by atoms with van der Waals surface area (Å²) >= 11 is 0. The Morgan fingerprint density at radius 1 is 1.26 bits per heavy atom. The lowest BCUT2D eigenvalue weighted by atomic mass is 10.0. The van der Waals surface area contributed by atoms with E-state index in [-0.39, 0.29) is 24.3 Å². The van der Waals surface area contributed by atoms with E-state index in [2.05, 4.69) is 4.90 Å². The Balaban J connectivity index is 1.76. The summed E-state index contributed by atoms with van der Waals surface area (Å²) in [6.45, 7) is 6.13. The molecule has 6 nitrogen and oxygen atoms in total. The molecule has 6 heteroatoms. The smallest absolute Gasteiger partial charge is 0.304 e. The molecule has 2 atom stereocenters. The summed E-state index contributed by atoms with van der Waals surface area (Å²) in [6, 6.07) is 0. The maximum absolute atomic E-state index is 12.3. The highest BCUT2D eigenvalue weighted by Crippen LogP contribution is 2.23. The highest BCUT2D eigenvalue weighted by Gasteiger charge is 2.34. The molecular weight excluding hydrogens is 248 g/mol. The number of carboxylic acids is 1. The molecule has 0 aliphatic carbocycles. The fraction of sp³-hybridized carbons (Fsp3) is 0.846. The normalized spacial score (nSPS) is 28.6. The number of hydrogen-bond donors (Lipinski definition) is 1. The Bertz CT molecular complexity index is 340. The van der Waals surface area contributed by atoms with Crippen molar-refractivity contribution in [3.8, 4) is 0 Å². The van der Waals surface area contributed by atoms with Crippen molar-refractivity contribution in [2.75, 3.05) is 39.3 Å². The van der Waals surface area contributed by atoms with Gasteiger partial charge in [-0.3, -0.25) is 14.5 Å². The van der Waals surface area contributed by atoms with Gasteiger partial charge >= 0.3 is 5.97 Å². The number of carboxylic acid groups (broad SMARTS) is 1. The molecule has 0 bridgehead atoms. The molecule has 1 N–H and O–H groups in total. The fourth-order valence-corrected chi connectivity index (χ4v) is 2.74. The molecule has 0 aromatic heterocycles. The molecule has 1 amide bonds. The first-order chi connectivity index (χ1) is 9.08. The largest absolute Gasteiger partial charge is 0.481 e.